The molecule has 0 aromatic carbocycles. The Hall–Kier alpha value is -2.17. The third-order valence-electron chi connectivity index (χ3n) is 5.13. The number of methoxy groups -OCH3 is 1. The van der Waals surface area contributed by atoms with Crippen LogP contribution in [-0.4, -0.2) is 78.1 Å². The molecule has 1 aliphatic rings. The summed E-state index contributed by atoms with van der Waals surface area (Å²) in [7, 11) is 5.08. The first-order valence-corrected chi connectivity index (χ1v) is 11.0. The minimum atomic E-state index is -0.305. The molecule has 0 aliphatic carbocycles. The summed E-state index contributed by atoms with van der Waals surface area (Å²) in [5.41, 5.74) is 1.46. The van der Waals surface area contributed by atoms with Gasteiger partial charge in [0.15, 0.2) is 16.1 Å². The lowest BCUT2D eigenvalue weighted by Gasteiger charge is -2.37. The molecule has 0 spiro atoms. The van der Waals surface area contributed by atoms with E-state index in [4.69, 9.17) is 16.3 Å². The van der Waals surface area contributed by atoms with Crippen molar-refractivity contribution in [1.82, 2.24) is 25.2 Å². The van der Waals surface area contributed by atoms with Crippen molar-refractivity contribution in [2.75, 3.05) is 39.2 Å². The second kappa shape index (κ2) is 9.32. The van der Waals surface area contributed by atoms with Crippen molar-refractivity contribution in [3.63, 3.8) is 0 Å². The van der Waals surface area contributed by atoms with Crippen molar-refractivity contribution in [1.29, 1.82) is 0 Å². The lowest BCUT2D eigenvalue weighted by atomic mass is 10.0. The number of halogens is 1. The molecule has 3 rings (SSSR count). The number of carbonyl (C=O) groups is 2. The molecule has 0 radical (unpaired) electrons. The number of H-pyrrole nitrogens is 1. The van der Waals surface area contributed by atoms with Crippen molar-refractivity contribution < 1.29 is 14.3 Å². The van der Waals surface area contributed by atoms with Crippen LogP contribution in [0.25, 0.3) is 0 Å². The van der Waals surface area contributed by atoms with E-state index in [1.54, 1.807) is 26.1 Å². The number of piperidine rings is 1. The summed E-state index contributed by atoms with van der Waals surface area (Å²) in [5.74, 6) is -0.150. The van der Waals surface area contributed by atoms with Crippen LogP contribution in [0.15, 0.2) is 0 Å². The molecule has 1 fully saturated rings. The Labute approximate surface area is 184 Å². The van der Waals surface area contributed by atoms with Crippen molar-refractivity contribution in [2.45, 2.75) is 38.8 Å². The zero-order valence-corrected chi connectivity index (χ0v) is 19.4. The van der Waals surface area contributed by atoms with Crippen molar-refractivity contribution >= 4 is 39.9 Å². The first-order valence-electron chi connectivity index (χ1n) is 9.77. The van der Waals surface area contributed by atoms with E-state index in [2.05, 4.69) is 25.2 Å². The van der Waals surface area contributed by atoms with Gasteiger partial charge in [0.05, 0.1) is 23.5 Å². The zero-order valence-electron chi connectivity index (χ0n) is 17.8. The molecule has 30 heavy (non-hydrogen) atoms. The van der Waals surface area contributed by atoms with Crippen LogP contribution < -0.4 is 10.2 Å². The van der Waals surface area contributed by atoms with Crippen LogP contribution in [0.3, 0.4) is 0 Å². The zero-order chi connectivity index (χ0) is 22.0. The summed E-state index contributed by atoms with van der Waals surface area (Å²) in [6.07, 6.45) is 1.12. The van der Waals surface area contributed by atoms with Gasteiger partial charge in [-0.2, -0.15) is 0 Å². The average molecular weight is 455 g/mol. The quantitative estimate of drug-likeness (QED) is 0.692. The van der Waals surface area contributed by atoms with Crippen molar-refractivity contribution in [3.8, 4) is 0 Å². The number of nitrogens with zero attached hydrogens (tertiary/aromatic N) is 4. The van der Waals surface area contributed by atoms with E-state index >= 15 is 0 Å². The SMILES string of the molecule is CCc1[nH]c(C(=O)N[C@@H]2CCN(c3nc(C)c(C(=O)N(C)C)s3)C[C@@H]2OC)nc1Cl. The fourth-order valence-electron chi connectivity index (χ4n) is 3.38. The highest BCUT2D eigenvalue weighted by molar-refractivity contribution is 7.17. The summed E-state index contributed by atoms with van der Waals surface area (Å²) in [4.78, 5) is 40.9. The van der Waals surface area contributed by atoms with E-state index in [1.165, 1.54) is 11.3 Å². The van der Waals surface area contributed by atoms with E-state index in [0.29, 0.717) is 36.0 Å². The van der Waals surface area contributed by atoms with Crippen LogP contribution in [-0.2, 0) is 11.2 Å². The maximum absolute atomic E-state index is 12.6. The first kappa shape index (κ1) is 22.5. The molecule has 2 aromatic heterocycles. The molecule has 9 nitrogen and oxygen atoms in total. The van der Waals surface area contributed by atoms with Gasteiger partial charge in [-0.15, -0.1) is 0 Å². The average Bonchev–Trinajstić information content (AvgIpc) is 3.30. The number of hydrogen-bond donors (Lipinski definition) is 2. The number of aromatic amines is 1. The molecule has 1 aliphatic heterocycles. The van der Waals surface area contributed by atoms with Crippen molar-refractivity contribution in [3.05, 3.63) is 27.2 Å². The second-order valence-electron chi connectivity index (χ2n) is 7.41. The summed E-state index contributed by atoms with van der Waals surface area (Å²) in [5, 5.41) is 4.11. The topological polar surface area (TPSA) is 103 Å². The third-order valence-corrected chi connectivity index (χ3v) is 6.65. The normalized spacial score (nSPS) is 19.1. The summed E-state index contributed by atoms with van der Waals surface area (Å²) < 4.78 is 5.65. The van der Waals surface area contributed by atoms with Gasteiger partial charge in [0.25, 0.3) is 11.8 Å². The number of anilines is 1. The second-order valence-corrected chi connectivity index (χ2v) is 8.74. The number of nitrogens with one attached hydrogen (secondary N) is 2. The molecule has 0 saturated carbocycles. The Morgan fingerprint density at radius 3 is 2.73 bits per heavy atom. The van der Waals surface area contributed by atoms with Crippen LogP contribution in [0, 0.1) is 6.92 Å². The maximum atomic E-state index is 12.6. The fraction of sp³-hybridized carbons (Fsp3) is 0.579. The van der Waals surface area contributed by atoms with Gasteiger partial charge in [0.2, 0.25) is 0 Å². The number of rotatable bonds is 6. The van der Waals surface area contributed by atoms with E-state index in [-0.39, 0.29) is 29.8 Å². The number of aromatic nitrogens is 3. The number of hydrogen-bond acceptors (Lipinski definition) is 7. The lowest BCUT2D eigenvalue weighted by molar-refractivity contribution is 0.0538. The van der Waals surface area contributed by atoms with Crippen LogP contribution >= 0.6 is 22.9 Å². The molecule has 2 N–H and O–H groups in total. The molecule has 2 atom stereocenters. The smallest absolute Gasteiger partial charge is 0.287 e. The predicted octanol–water partition coefficient (Wildman–Crippen LogP) is 2.12. The van der Waals surface area contributed by atoms with Gasteiger partial charge in [0, 0.05) is 34.3 Å². The Morgan fingerprint density at radius 1 is 1.40 bits per heavy atom. The highest BCUT2D eigenvalue weighted by Gasteiger charge is 2.33. The van der Waals surface area contributed by atoms with Gasteiger partial charge in [-0.3, -0.25) is 9.59 Å². The number of imidazole rings is 1. The van der Waals surface area contributed by atoms with Gasteiger partial charge in [0.1, 0.15) is 4.88 Å². The number of amides is 2. The Morgan fingerprint density at radius 2 is 2.13 bits per heavy atom. The van der Waals surface area contributed by atoms with E-state index in [1.807, 2.05) is 13.8 Å². The highest BCUT2D eigenvalue weighted by Crippen LogP contribution is 2.29. The van der Waals surface area contributed by atoms with E-state index < -0.39 is 0 Å². The fourth-order valence-corrected chi connectivity index (χ4v) is 4.77. The van der Waals surface area contributed by atoms with E-state index in [9.17, 15) is 9.59 Å². The molecular weight excluding hydrogens is 428 g/mol. The molecule has 11 heteroatoms. The minimum Gasteiger partial charge on any atom is -0.377 e. The minimum absolute atomic E-state index is 0.0507. The summed E-state index contributed by atoms with van der Waals surface area (Å²) in [6, 6.07) is -0.170. The molecule has 1 saturated heterocycles. The third kappa shape index (κ3) is 4.60. The Bertz CT molecular complexity index is 928. The predicted molar refractivity (Wildman–Crippen MR) is 117 cm³/mol. The van der Waals surface area contributed by atoms with Gasteiger partial charge < -0.3 is 24.8 Å². The van der Waals surface area contributed by atoms with Gasteiger partial charge >= 0.3 is 0 Å². The standard InChI is InChI=1S/C19H27ClN6O3S/c1-6-11-15(20)24-16(22-11)17(27)23-12-7-8-26(9-13(12)29-5)19-21-10(2)14(30-19)18(28)25(3)4/h12-13H,6-9H2,1-5H3,(H,22,24)(H,23,27)/t12-,13+/m1/s1. The molecule has 3 heterocycles. The van der Waals surface area contributed by atoms with Gasteiger partial charge in [-0.1, -0.05) is 29.9 Å². The monoisotopic (exact) mass is 454 g/mol. The van der Waals surface area contributed by atoms with Crippen molar-refractivity contribution in [2.24, 2.45) is 0 Å². The largest absolute Gasteiger partial charge is 0.377 e. The van der Waals surface area contributed by atoms with E-state index in [0.717, 1.165) is 16.5 Å². The van der Waals surface area contributed by atoms with Crippen LogP contribution in [0.5, 0.6) is 0 Å². The number of ether oxygens (including phenoxy) is 1. The molecule has 2 aromatic rings. The molecule has 0 unspecified atom stereocenters. The lowest BCUT2D eigenvalue weighted by Crippen LogP contribution is -2.55. The number of carbonyl (C=O) groups excluding carboxylic acids is 2. The summed E-state index contributed by atoms with van der Waals surface area (Å²) >= 11 is 7.43. The number of thiazole rings is 1. The first-order chi connectivity index (χ1) is 14.2. The highest BCUT2D eigenvalue weighted by atomic mass is 35.5. The maximum Gasteiger partial charge on any atom is 0.287 e. The van der Waals surface area contributed by atoms with Gasteiger partial charge in [-0.05, 0) is 19.8 Å². The Balaban J connectivity index is 1.68. The molecule has 164 valence electrons. The van der Waals surface area contributed by atoms with Crippen LogP contribution in [0.4, 0.5) is 5.13 Å². The molecular formula is C19H27ClN6O3S. The number of aryl methyl sites for hydroxylation is 2. The summed E-state index contributed by atoms with van der Waals surface area (Å²) in [6.45, 7) is 5.03. The van der Waals surface area contributed by atoms with Gasteiger partial charge in [-0.25, -0.2) is 9.97 Å². The van der Waals surface area contributed by atoms with Crippen LogP contribution in [0.2, 0.25) is 5.15 Å². The Kier molecular flexibility index (Phi) is 6.99. The van der Waals surface area contributed by atoms with Crippen LogP contribution in [0.1, 0.15) is 45.0 Å². The molecule has 2 amide bonds. The molecule has 0 bridgehead atoms.